The van der Waals surface area contributed by atoms with Gasteiger partial charge in [-0.2, -0.15) is 0 Å². The van der Waals surface area contributed by atoms with Gasteiger partial charge in [0, 0.05) is 22.0 Å². The molecule has 0 radical (unpaired) electrons. The van der Waals surface area contributed by atoms with Crippen molar-refractivity contribution in [1.29, 1.82) is 0 Å². The highest BCUT2D eigenvalue weighted by molar-refractivity contribution is 6.12. The summed E-state index contributed by atoms with van der Waals surface area (Å²) >= 11 is 0. The number of hydrogen-bond acceptors (Lipinski definition) is 2. The van der Waals surface area contributed by atoms with Gasteiger partial charge in [-0.25, -0.2) is 0 Å². The smallest absolute Gasteiger partial charge is 0.159 e. The van der Waals surface area contributed by atoms with Crippen LogP contribution in [0.4, 0.5) is 17.1 Å². The van der Waals surface area contributed by atoms with Gasteiger partial charge < -0.3 is 9.32 Å². The van der Waals surface area contributed by atoms with E-state index in [2.05, 4.69) is 254 Å². The number of rotatable bonds is 8. The van der Waals surface area contributed by atoms with Crippen molar-refractivity contribution in [3.63, 3.8) is 0 Å². The molecular weight excluding hydrogens is 763 g/mol. The van der Waals surface area contributed by atoms with Gasteiger partial charge in [0.2, 0.25) is 0 Å². The summed E-state index contributed by atoms with van der Waals surface area (Å²) in [7, 11) is 0. The molecule has 10 aromatic carbocycles. The van der Waals surface area contributed by atoms with Gasteiger partial charge in [-0.1, -0.05) is 218 Å². The maximum absolute atomic E-state index is 6.94. The van der Waals surface area contributed by atoms with Gasteiger partial charge in [0.15, 0.2) is 5.58 Å². The lowest BCUT2D eigenvalue weighted by Crippen LogP contribution is -2.28. The molecule has 2 heteroatoms. The minimum atomic E-state index is -0.573. The van der Waals surface area contributed by atoms with Gasteiger partial charge in [-0.3, -0.25) is 0 Å². The molecule has 0 fully saturated rings. The summed E-state index contributed by atoms with van der Waals surface area (Å²) in [5, 5.41) is 2.17. The van der Waals surface area contributed by atoms with Crippen molar-refractivity contribution in [3.8, 4) is 44.5 Å². The fraction of sp³-hybridized carbons (Fsp3) is 0.0164. The maximum Gasteiger partial charge on any atom is 0.159 e. The van der Waals surface area contributed by atoms with Crippen molar-refractivity contribution >= 4 is 39.0 Å². The van der Waals surface area contributed by atoms with Crippen LogP contribution in [0.3, 0.4) is 0 Å². The molecule has 0 spiro atoms. The van der Waals surface area contributed by atoms with Crippen LogP contribution in [0, 0.1) is 0 Å². The lowest BCUT2D eigenvalue weighted by Gasteiger charge is -2.35. The summed E-state index contributed by atoms with van der Waals surface area (Å²) in [6.45, 7) is 0. The topological polar surface area (TPSA) is 16.4 Å². The normalized spacial score (nSPS) is 12.6. The van der Waals surface area contributed by atoms with Gasteiger partial charge in [0.05, 0.1) is 16.8 Å². The minimum Gasteiger partial charge on any atom is -0.454 e. The van der Waals surface area contributed by atoms with Gasteiger partial charge in [0.1, 0.15) is 5.58 Å². The first-order valence-corrected chi connectivity index (χ1v) is 21.7. The molecule has 11 aromatic rings. The van der Waals surface area contributed by atoms with Crippen LogP contribution in [0.5, 0.6) is 0 Å². The number of furan rings is 1. The number of para-hydroxylation sites is 2. The Hall–Kier alpha value is -8.20. The third kappa shape index (κ3) is 5.80. The molecule has 1 heterocycles. The van der Waals surface area contributed by atoms with Gasteiger partial charge in [0.25, 0.3) is 0 Å². The third-order valence-corrected chi connectivity index (χ3v) is 13.0. The third-order valence-electron chi connectivity index (χ3n) is 13.0. The quantitative estimate of drug-likeness (QED) is 0.152. The Labute approximate surface area is 367 Å². The highest BCUT2D eigenvalue weighted by Gasteiger charge is 2.46. The van der Waals surface area contributed by atoms with E-state index in [1.54, 1.807) is 0 Å². The molecule has 0 saturated heterocycles. The van der Waals surface area contributed by atoms with E-state index in [0.717, 1.165) is 61.3 Å². The average molecular weight is 804 g/mol. The molecule has 63 heavy (non-hydrogen) atoms. The fourth-order valence-corrected chi connectivity index (χ4v) is 10.3. The van der Waals surface area contributed by atoms with Crippen LogP contribution >= 0.6 is 0 Å². The van der Waals surface area contributed by atoms with Crippen molar-refractivity contribution in [2.45, 2.75) is 5.41 Å². The van der Waals surface area contributed by atoms with Crippen LogP contribution in [0.2, 0.25) is 0 Å². The fourth-order valence-electron chi connectivity index (χ4n) is 10.3. The lowest BCUT2D eigenvalue weighted by atomic mass is 9.67. The second kappa shape index (κ2) is 15.1. The van der Waals surface area contributed by atoms with Crippen LogP contribution in [-0.4, -0.2) is 0 Å². The number of benzene rings is 10. The molecule has 0 amide bonds. The Morgan fingerprint density at radius 3 is 1.56 bits per heavy atom. The van der Waals surface area contributed by atoms with E-state index in [9.17, 15) is 0 Å². The second-order valence-corrected chi connectivity index (χ2v) is 16.3. The molecule has 1 aliphatic rings. The summed E-state index contributed by atoms with van der Waals surface area (Å²) in [5.41, 5.74) is 18.6. The average Bonchev–Trinajstić information content (AvgIpc) is 3.89. The lowest BCUT2D eigenvalue weighted by molar-refractivity contribution is 0.669. The molecule has 2 nitrogen and oxygen atoms in total. The van der Waals surface area contributed by atoms with Crippen LogP contribution in [0.25, 0.3) is 66.4 Å². The molecule has 0 bridgehead atoms. The standard InChI is InChI=1S/C61H41NO/c1-5-21-42(22-6-1)47-29-13-14-32-52(47)59-48(43-23-7-2-8-24-43)33-19-36-56(59)62(57-37-20-34-53-51-31-16-18-38-58(51)63-60(53)57)46-39-40-50-49-30-15-17-35-54(49)61(55(50)41-46,44-25-9-3-10-26-44)45-27-11-4-12-28-45/h1-41H. The summed E-state index contributed by atoms with van der Waals surface area (Å²) in [4.78, 5) is 2.46. The summed E-state index contributed by atoms with van der Waals surface area (Å²) < 4.78 is 6.94. The van der Waals surface area contributed by atoms with Crippen LogP contribution in [0.1, 0.15) is 22.3 Å². The minimum absolute atomic E-state index is 0.573. The highest BCUT2D eigenvalue weighted by atomic mass is 16.3. The van der Waals surface area contributed by atoms with Crippen LogP contribution in [-0.2, 0) is 5.41 Å². The predicted octanol–water partition coefficient (Wildman–Crippen LogP) is 16.4. The van der Waals surface area contributed by atoms with Gasteiger partial charge in [-0.05, 0) is 91.5 Å². The van der Waals surface area contributed by atoms with E-state index >= 15 is 0 Å². The molecule has 0 N–H and O–H groups in total. The number of fused-ring (bicyclic) bond motifs is 6. The van der Waals surface area contributed by atoms with E-state index < -0.39 is 5.41 Å². The van der Waals surface area contributed by atoms with Crippen molar-refractivity contribution in [2.24, 2.45) is 0 Å². The largest absolute Gasteiger partial charge is 0.454 e. The summed E-state index contributed by atoms with van der Waals surface area (Å²) in [5.74, 6) is 0. The Bertz CT molecular complexity index is 3400. The zero-order valence-corrected chi connectivity index (χ0v) is 34.5. The monoisotopic (exact) mass is 803 g/mol. The summed E-state index contributed by atoms with van der Waals surface area (Å²) in [6.07, 6.45) is 0. The van der Waals surface area contributed by atoms with Crippen molar-refractivity contribution < 1.29 is 4.42 Å². The number of nitrogens with zero attached hydrogens (tertiary/aromatic N) is 1. The van der Waals surface area contributed by atoms with E-state index in [0.29, 0.717) is 0 Å². The first kappa shape index (κ1) is 36.6. The van der Waals surface area contributed by atoms with Crippen molar-refractivity contribution in [1.82, 2.24) is 0 Å². The molecule has 12 rings (SSSR count). The van der Waals surface area contributed by atoms with Crippen LogP contribution < -0.4 is 4.90 Å². The molecular formula is C61H41NO. The molecule has 0 saturated carbocycles. The van der Waals surface area contributed by atoms with Gasteiger partial charge >= 0.3 is 0 Å². The Morgan fingerprint density at radius 2 is 0.841 bits per heavy atom. The second-order valence-electron chi connectivity index (χ2n) is 16.3. The summed E-state index contributed by atoms with van der Waals surface area (Å²) in [6, 6.07) is 90.3. The highest BCUT2D eigenvalue weighted by Crippen LogP contribution is 2.58. The first-order chi connectivity index (χ1) is 31.3. The number of anilines is 3. The molecule has 0 atom stereocenters. The van der Waals surface area contributed by atoms with E-state index in [1.165, 1.54) is 44.5 Å². The molecule has 0 aliphatic heterocycles. The Balaban J connectivity index is 1.21. The molecule has 296 valence electrons. The molecule has 1 aliphatic carbocycles. The number of hydrogen-bond donors (Lipinski definition) is 0. The van der Waals surface area contributed by atoms with E-state index in [1.807, 2.05) is 0 Å². The predicted molar refractivity (Wildman–Crippen MR) is 262 cm³/mol. The van der Waals surface area contributed by atoms with Crippen molar-refractivity contribution in [2.75, 3.05) is 4.90 Å². The Kier molecular flexibility index (Phi) is 8.76. The SMILES string of the molecule is c1ccc(-c2ccccc2-c2c(-c3ccccc3)cccc2N(c2ccc3c(c2)C(c2ccccc2)(c2ccccc2)c2ccccc2-3)c2cccc3c2oc2ccccc23)cc1. The maximum atomic E-state index is 6.94. The van der Waals surface area contributed by atoms with Crippen LogP contribution in [0.15, 0.2) is 253 Å². The van der Waals surface area contributed by atoms with Gasteiger partial charge in [-0.15, -0.1) is 0 Å². The molecule has 1 aromatic heterocycles. The van der Waals surface area contributed by atoms with E-state index in [-0.39, 0.29) is 0 Å². The Morgan fingerprint density at radius 1 is 0.333 bits per heavy atom. The van der Waals surface area contributed by atoms with E-state index in [4.69, 9.17) is 4.42 Å². The zero-order chi connectivity index (χ0) is 41.7. The zero-order valence-electron chi connectivity index (χ0n) is 34.5. The van der Waals surface area contributed by atoms with Crippen molar-refractivity contribution in [3.05, 3.63) is 271 Å². The molecule has 0 unspecified atom stereocenters. The first-order valence-electron chi connectivity index (χ1n) is 21.7.